The molecule has 0 radical (unpaired) electrons. The monoisotopic (exact) mass is 311 g/mol. The Morgan fingerprint density at radius 3 is 2.74 bits per heavy atom. The number of imide groups is 1. The van der Waals surface area contributed by atoms with E-state index in [1.807, 2.05) is 0 Å². The molecule has 0 spiro atoms. The Hall–Kier alpha value is -2.17. The van der Waals surface area contributed by atoms with Crippen molar-refractivity contribution in [1.82, 2.24) is 15.1 Å². The second-order valence-corrected chi connectivity index (χ2v) is 6.93. The van der Waals surface area contributed by atoms with Gasteiger partial charge in [-0.1, -0.05) is 11.6 Å². The third-order valence-corrected chi connectivity index (χ3v) is 5.15. The molecule has 2 amide bonds. The molecule has 2 heterocycles. The fourth-order valence-corrected chi connectivity index (χ4v) is 3.58. The number of carbonyl (C=O) groups is 2. The first-order valence-corrected chi connectivity index (χ1v) is 8.37. The maximum Gasteiger partial charge on any atom is 0.235 e. The first-order chi connectivity index (χ1) is 11.0. The molecule has 5 heteroatoms. The summed E-state index contributed by atoms with van der Waals surface area (Å²) in [4.78, 5) is 23.7. The number of fused-ring (bicyclic) bond motifs is 1. The van der Waals surface area contributed by atoms with Crippen molar-refractivity contribution in [2.24, 2.45) is 5.92 Å². The average molecular weight is 311 g/mol. The number of benzene rings is 1. The molecule has 1 N–H and O–H groups in total. The molecule has 23 heavy (non-hydrogen) atoms. The van der Waals surface area contributed by atoms with E-state index in [0.717, 1.165) is 22.2 Å². The van der Waals surface area contributed by atoms with Gasteiger partial charge in [0.15, 0.2) is 0 Å². The van der Waals surface area contributed by atoms with Crippen LogP contribution in [0.4, 0.5) is 0 Å². The summed E-state index contributed by atoms with van der Waals surface area (Å²) >= 11 is 0. The van der Waals surface area contributed by atoms with Crippen LogP contribution in [0.15, 0.2) is 18.2 Å². The largest absolute Gasteiger partial charge is 0.296 e. The number of nitrogens with zero attached hydrogens (tertiary/aromatic N) is 2. The standard InChI is InChI=1S/C18H21N3O2/c1-10-3-7-15-14(9-10)17(13-6-8-16(22)19-18(13)23)20-21(15)11(2)12-4-5-12/h3,7,9,11-13H,4-6,8H2,1-2H3,(H,19,22,23). The van der Waals surface area contributed by atoms with Gasteiger partial charge in [-0.3, -0.25) is 19.6 Å². The smallest absolute Gasteiger partial charge is 0.235 e. The second-order valence-electron chi connectivity index (χ2n) is 6.93. The Balaban J connectivity index is 1.83. The highest BCUT2D eigenvalue weighted by Gasteiger charge is 2.35. The number of amides is 2. The van der Waals surface area contributed by atoms with Gasteiger partial charge in [0.1, 0.15) is 0 Å². The minimum absolute atomic E-state index is 0.183. The van der Waals surface area contributed by atoms with E-state index in [1.165, 1.54) is 12.8 Å². The first kappa shape index (κ1) is 14.4. The van der Waals surface area contributed by atoms with Crippen LogP contribution in [0.2, 0.25) is 0 Å². The Morgan fingerprint density at radius 1 is 1.26 bits per heavy atom. The van der Waals surface area contributed by atoms with Gasteiger partial charge in [0.05, 0.1) is 23.2 Å². The van der Waals surface area contributed by atoms with Crippen LogP contribution < -0.4 is 5.32 Å². The first-order valence-electron chi connectivity index (χ1n) is 8.37. The fraction of sp³-hybridized carbons (Fsp3) is 0.500. The third kappa shape index (κ3) is 2.44. The zero-order valence-electron chi connectivity index (χ0n) is 13.5. The topological polar surface area (TPSA) is 64.0 Å². The molecule has 1 aliphatic heterocycles. The molecule has 1 saturated heterocycles. The van der Waals surface area contributed by atoms with Gasteiger partial charge in [-0.25, -0.2) is 0 Å². The lowest BCUT2D eigenvalue weighted by Gasteiger charge is -2.19. The summed E-state index contributed by atoms with van der Waals surface area (Å²) in [7, 11) is 0. The summed E-state index contributed by atoms with van der Waals surface area (Å²) in [6.45, 7) is 4.26. The lowest BCUT2D eigenvalue weighted by molar-refractivity contribution is -0.134. The predicted octanol–water partition coefficient (Wildman–Crippen LogP) is 2.84. The minimum atomic E-state index is -0.329. The summed E-state index contributed by atoms with van der Waals surface area (Å²) in [5, 5.41) is 8.34. The number of rotatable bonds is 3. The van der Waals surface area contributed by atoms with Crippen LogP contribution in [0.25, 0.3) is 10.9 Å². The highest BCUT2D eigenvalue weighted by Crippen LogP contribution is 2.41. The molecule has 5 nitrogen and oxygen atoms in total. The molecule has 1 saturated carbocycles. The number of aromatic nitrogens is 2. The molecule has 4 rings (SSSR count). The van der Waals surface area contributed by atoms with Crippen LogP contribution in [-0.4, -0.2) is 21.6 Å². The quantitative estimate of drug-likeness (QED) is 0.887. The van der Waals surface area contributed by atoms with Crippen molar-refractivity contribution in [3.8, 4) is 0 Å². The summed E-state index contributed by atoms with van der Waals surface area (Å²) in [5.74, 6) is -0.0374. The third-order valence-electron chi connectivity index (χ3n) is 5.15. The lowest BCUT2D eigenvalue weighted by atomic mass is 9.92. The maximum absolute atomic E-state index is 12.3. The number of carbonyl (C=O) groups excluding carboxylic acids is 2. The van der Waals surface area contributed by atoms with Crippen molar-refractivity contribution in [2.75, 3.05) is 0 Å². The minimum Gasteiger partial charge on any atom is -0.296 e. The maximum atomic E-state index is 12.3. The van der Waals surface area contributed by atoms with Crippen molar-refractivity contribution in [1.29, 1.82) is 0 Å². The molecule has 1 aliphatic carbocycles. The van der Waals surface area contributed by atoms with Crippen LogP contribution >= 0.6 is 0 Å². The normalized spacial score (nSPS) is 23.1. The van der Waals surface area contributed by atoms with Crippen LogP contribution in [0, 0.1) is 12.8 Å². The van der Waals surface area contributed by atoms with E-state index in [9.17, 15) is 9.59 Å². The number of hydrogen-bond donors (Lipinski definition) is 1. The SMILES string of the molecule is Cc1ccc2c(c1)c(C1CCC(=O)NC1=O)nn2C(C)C1CC1. The predicted molar refractivity (Wildman–Crippen MR) is 87.0 cm³/mol. The van der Waals surface area contributed by atoms with E-state index >= 15 is 0 Å². The Labute approximate surface area is 135 Å². The van der Waals surface area contributed by atoms with Gasteiger partial charge in [-0.15, -0.1) is 0 Å². The Bertz CT molecular complexity index is 804. The van der Waals surface area contributed by atoms with E-state index < -0.39 is 0 Å². The van der Waals surface area contributed by atoms with Gasteiger partial charge in [0.25, 0.3) is 0 Å². The van der Waals surface area contributed by atoms with Crippen LogP contribution in [0.1, 0.15) is 55.8 Å². The Morgan fingerprint density at radius 2 is 2.04 bits per heavy atom. The van der Waals surface area contributed by atoms with Crippen molar-refractivity contribution in [3.05, 3.63) is 29.5 Å². The van der Waals surface area contributed by atoms with Gasteiger partial charge in [0.2, 0.25) is 11.8 Å². The van der Waals surface area contributed by atoms with Crippen LogP contribution in [0.3, 0.4) is 0 Å². The molecular weight excluding hydrogens is 290 g/mol. The average Bonchev–Trinajstić information content (AvgIpc) is 3.29. The van der Waals surface area contributed by atoms with Crippen molar-refractivity contribution >= 4 is 22.7 Å². The van der Waals surface area contributed by atoms with Gasteiger partial charge in [0, 0.05) is 11.8 Å². The van der Waals surface area contributed by atoms with Crippen molar-refractivity contribution in [2.45, 2.75) is 51.5 Å². The number of hydrogen-bond acceptors (Lipinski definition) is 3. The van der Waals surface area contributed by atoms with Crippen LogP contribution in [0.5, 0.6) is 0 Å². The molecule has 2 unspecified atom stereocenters. The molecule has 120 valence electrons. The second kappa shape index (κ2) is 5.18. The molecule has 1 aromatic carbocycles. The van der Waals surface area contributed by atoms with Gasteiger partial charge >= 0.3 is 0 Å². The van der Waals surface area contributed by atoms with E-state index in [2.05, 4.69) is 42.0 Å². The molecule has 2 fully saturated rings. The van der Waals surface area contributed by atoms with Gasteiger partial charge in [-0.05, 0) is 51.2 Å². The lowest BCUT2D eigenvalue weighted by Crippen LogP contribution is -2.39. The zero-order chi connectivity index (χ0) is 16.1. The molecule has 2 atom stereocenters. The summed E-state index contributed by atoms with van der Waals surface area (Å²) in [6.07, 6.45) is 3.43. The Kier molecular flexibility index (Phi) is 3.25. The number of piperidine rings is 1. The molecule has 0 bridgehead atoms. The van der Waals surface area contributed by atoms with Crippen molar-refractivity contribution < 1.29 is 9.59 Å². The van der Waals surface area contributed by atoms with Gasteiger partial charge in [-0.2, -0.15) is 5.10 Å². The number of aryl methyl sites for hydroxylation is 1. The fourth-order valence-electron chi connectivity index (χ4n) is 3.58. The van der Waals surface area contributed by atoms with E-state index in [1.54, 1.807) is 0 Å². The summed E-state index contributed by atoms with van der Waals surface area (Å²) in [6, 6.07) is 6.65. The van der Waals surface area contributed by atoms with Gasteiger partial charge < -0.3 is 0 Å². The summed E-state index contributed by atoms with van der Waals surface area (Å²) in [5.41, 5.74) is 3.07. The van der Waals surface area contributed by atoms with E-state index in [-0.39, 0.29) is 17.7 Å². The molecule has 1 aromatic heterocycles. The highest BCUT2D eigenvalue weighted by atomic mass is 16.2. The highest BCUT2D eigenvalue weighted by molar-refractivity contribution is 6.02. The van der Waals surface area contributed by atoms with E-state index in [4.69, 9.17) is 5.10 Å². The summed E-state index contributed by atoms with van der Waals surface area (Å²) < 4.78 is 2.09. The van der Waals surface area contributed by atoms with E-state index in [0.29, 0.717) is 24.8 Å². The molecule has 2 aromatic rings. The molecule has 2 aliphatic rings. The number of nitrogens with one attached hydrogen (secondary N) is 1. The van der Waals surface area contributed by atoms with Crippen molar-refractivity contribution in [3.63, 3.8) is 0 Å². The molecular formula is C18H21N3O2. The van der Waals surface area contributed by atoms with Crippen LogP contribution in [-0.2, 0) is 9.59 Å². The zero-order valence-corrected chi connectivity index (χ0v) is 13.5.